The van der Waals surface area contributed by atoms with Crippen molar-refractivity contribution in [3.05, 3.63) is 48.0 Å². The highest BCUT2D eigenvalue weighted by molar-refractivity contribution is 5.92. The standard InChI is InChI=1S/C17H20FN3O2/c1-17(2,23)15-8-5-10-20(15)16(22)13-9-11-21(19-13)14-7-4-3-6-12(14)18/h3-4,6-7,9,11,15,23H,5,8,10H2,1-2H3. The quantitative estimate of drug-likeness (QED) is 0.945. The number of amides is 1. The molecule has 1 unspecified atom stereocenters. The largest absolute Gasteiger partial charge is 0.388 e. The van der Waals surface area contributed by atoms with Gasteiger partial charge in [0.1, 0.15) is 11.5 Å². The fourth-order valence-electron chi connectivity index (χ4n) is 3.10. The van der Waals surface area contributed by atoms with Crippen LogP contribution in [0.1, 0.15) is 37.2 Å². The molecule has 0 radical (unpaired) electrons. The number of carbonyl (C=O) groups is 1. The molecule has 1 aliphatic rings. The van der Waals surface area contributed by atoms with E-state index < -0.39 is 11.4 Å². The van der Waals surface area contributed by atoms with Crippen molar-refractivity contribution in [3.8, 4) is 5.69 Å². The van der Waals surface area contributed by atoms with Crippen LogP contribution in [-0.2, 0) is 0 Å². The Labute approximate surface area is 134 Å². The molecule has 6 heteroatoms. The van der Waals surface area contributed by atoms with Gasteiger partial charge in [0, 0.05) is 12.7 Å². The van der Waals surface area contributed by atoms with E-state index in [2.05, 4.69) is 5.10 Å². The number of benzene rings is 1. The highest BCUT2D eigenvalue weighted by Crippen LogP contribution is 2.28. The molecule has 5 nitrogen and oxygen atoms in total. The normalized spacial score (nSPS) is 18.4. The number of hydrogen-bond acceptors (Lipinski definition) is 3. The Morgan fingerprint density at radius 3 is 2.78 bits per heavy atom. The average Bonchev–Trinajstić information content (AvgIpc) is 3.16. The van der Waals surface area contributed by atoms with Gasteiger partial charge in [0.05, 0.1) is 11.6 Å². The molecule has 1 aliphatic heterocycles. The zero-order valence-corrected chi connectivity index (χ0v) is 13.2. The van der Waals surface area contributed by atoms with Gasteiger partial charge >= 0.3 is 0 Å². The maximum absolute atomic E-state index is 13.8. The van der Waals surface area contributed by atoms with Crippen molar-refractivity contribution in [1.82, 2.24) is 14.7 Å². The summed E-state index contributed by atoms with van der Waals surface area (Å²) in [5.74, 6) is -0.630. The minimum absolute atomic E-state index is 0.228. The molecule has 0 saturated carbocycles. The van der Waals surface area contributed by atoms with Crippen molar-refractivity contribution < 1.29 is 14.3 Å². The molecule has 1 fully saturated rings. The number of halogens is 1. The minimum Gasteiger partial charge on any atom is -0.388 e. The molecule has 122 valence electrons. The molecule has 1 amide bonds. The first-order valence-electron chi connectivity index (χ1n) is 7.72. The first-order valence-corrected chi connectivity index (χ1v) is 7.72. The highest BCUT2D eigenvalue weighted by atomic mass is 19.1. The second kappa shape index (κ2) is 5.77. The van der Waals surface area contributed by atoms with E-state index in [-0.39, 0.29) is 17.6 Å². The van der Waals surface area contributed by atoms with Crippen LogP contribution in [0.3, 0.4) is 0 Å². The number of likely N-dealkylation sites (tertiary alicyclic amines) is 1. The number of aromatic nitrogens is 2. The molecule has 1 aromatic heterocycles. The maximum Gasteiger partial charge on any atom is 0.274 e. The number of para-hydroxylation sites is 1. The van der Waals surface area contributed by atoms with E-state index in [9.17, 15) is 14.3 Å². The van der Waals surface area contributed by atoms with Gasteiger partial charge in [-0.25, -0.2) is 9.07 Å². The number of rotatable bonds is 3. The van der Waals surface area contributed by atoms with E-state index in [4.69, 9.17) is 0 Å². The molecule has 1 saturated heterocycles. The van der Waals surface area contributed by atoms with Gasteiger partial charge < -0.3 is 10.0 Å². The summed E-state index contributed by atoms with van der Waals surface area (Å²) in [5, 5.41) is 14.4. The second-order valence-corrected chi connectivity index (χ2v) is 6.41. The van der Waals surface area contributed by atoms with E-state index in [1.807, 2.05) is 0 Å². The van der Waals surface area contributed by atoms with Gasteiger partial charge in [-0.3, -0.25) is 4.79 Å². The van der Waals surface area contributed by atoms with Crippen molar-refractivity contribution in [2.75, 3.05) is 6.54 Å². The van der Waals surface area contributed by atoms with Crippen LogP contribution >= 0.6 is 0 Å². The van der Waals surface area contributed by atoms with Crippen molar-refractivity contribution in [1.29, 1.82) is 0 Å². The Morgan fingerprint density at radius 1 is 1.35 bits per heavy atom. The fraction of sp³-hybridized carbons (Fsp3) is 0.412. The maximum atomic E-state index is 13.8. The van der Waals surface area contributed by atoms with Gasteiger partial charge in [0.2, 0.25) is 0 Å². The van der Waals surface area contributed by atoms with Crippen LogP contribution in [0, 0.1) is 5.82 Å². The third-order valence-corrected chi connectivity index (χ3v) is 4.24. The van der Waals surface area contributed by atoms with Crippen molar-refractivity contribution in [2.24, 2.45) is 0 Å². The Kier molecular flexibility index (Phi) is 3.93. The molecule has 1 aromatic carbocycles. The predicted octanol–water partition coefficient (Wildman–Crippen LogP) is 2.39. The van der Waals surface area contributed by atoms with E-state index in [0.717, 1.165) is 12.8 Å². The van der Waals surface area contributed by atoms with E-state index >= 15 is 0 Å². The summed E-state index contributed by atoms with van der Waals surface area (Å²) >= 11 is 0. The molecule has 2 aromatic rings. The summed E-state index contributed by atoms with van der Waals surface area (Å²) < 4.78 is 15.2. The highest BCUT2D eigenvalue weighted by Gasteiger charge is 2.39. The van der Waals surface area contributed by atoms with Gasteiger partial charge in [0.15, 0.2) is 5.69 Å². The molecule has 3 rings (SSSR count). The number of nitrogens with zero attached hydrogens (tertiary/aromatic N) is 3. The average molecular weight is 317 g/mol. The van der Waals surface area contributed by atoms with E-state index in [1.54, 1.807) is 49.2 Å². The lowest BCUT2D eigenvalue weighted by atomic mass is 9.96. The Morgan fingerprint density at radius 2 is 2.09 bits per heavy atom. The fourth-order valence-corrected chi connectivity index (χ4v) is 3.10. The summed E-state index contributed by atoms with van der Waals surface area (Å²) in [6, 6.07) is 7.62. The lowest BCUT2D eigenvalue weighted by Gasteiger charge is -2.33. The molecule has 0 spiro atoms. The van der Waals surface area contributed by atoms with Crippen molar-refractivity contribution in [2.45, 2.75) is 38.3 Å². The summed E-state index contributed by atoms with van der Waals surface area (Å²) in [5.41, 5.74) is -0.406. The van der Waals surface area contributed by atoms with Gasteiger partial charge in [-0.1, -0.05) is 12.1 Å². The summed E-state index contributed by atoms with van der Waals surface area (Å²) in [6.45, 7) is 4.02. The summed E-state index contributed by atoms with van der Waals surface area (Å²) in [7, 11) is 0. The third kappa shape index (κ3) is 2.99. The Hall–Kier alpha value is -2.21. The topological polar surface area (TPSA) is 58.4 Å². The van der Waals surface area contributed by atoms with Crippen LogP contribution in [0.2, 0.25) is 0 Å². The van der Waals surface area contributed by atoms with Gasteiger partial charge in [-0.05, 0) is 44.9 Å². The molecule has 23 heavy (non-hydrogen) atoms. The van der Waals surface area contributed by atoms with Crippen LogP contribution < -0.4 is 0 Å². The lowest BCUT2D eigenvalue weighted by Crippen LogP contribution is -2.48. The van der Waals surface area contributed by atoms with E-state index in [0.29, 0.717) is 12.2 Å². The molecule has 0 bridgehead atoms. The molecular formula is C17H20FN3O2. The predicted molar refractivity (Wildman–Crippen MR) is 83.9 cm³/mol. The van der Waals surface area contributed by atoms with Crippen molar-refractivity contribution >= 4 is 5.91 Å². The SMILES string of the molecule is CC(C)(O)C1CCCN1C(=O)c1ccn(-c2ccccc2F)n1. The Bertz CT molecular complexity index is 721. The van der Waals surface area contributed by atoms with Crippen LogP contribution in [0.15, 0.2) is 36.5 Å². The number of aliphatic hydroxyl groups is 1. The van der Waals surface area contributed by atoms with E-state index in [1.165, 1.54) is 10.7 Å². The zero-order chi connectivity index (χ0) is 16.6. The lowest BCUT2D eigenvalue weighted by molar-refractivity contribution is 0.000103. The smallest absolute Gasteiger partial charge is 0.274 e. The van der Waals surface area contributed by atoms with Crippen LogP contribution in [-0.4, -0.2) is 43.9 Å². The third-order valence-electron chi connectivity index (χ3n) is 4.24. The summed E-state index contributed by atoms with van der Waals surface area (Å²) in [4.78, 5) is 14.3. The summed E-state index contributed by atoms with van der Waals surface area (Å²) in [6.07, 6.45) is 3.19. The van der Waals surface area contributed by atoms with Gasteiger partial charge in [0.25, 0.3) is 5.91 Å². The van der Waals surface area contributed by atoms with Crippen molar-refractivity contribution in [3.63, 3.8) is 0 Å². The molecule has 2 heterocycles. The zero-order valence-electron chi connectivity index (χ0n) is 13.2. The van der Waals surface area contributed by atoms with Crippen LogP contribution in [0.4, 0.5) is 4.39 Å². The first-order chi connectivity index (χ1) is 10.9. The monoisotopic (exact) mass is 317 g/mol. The van der Waals surface area contributed by atoms with Gasteiger partial charge in [-0.15, -0.1) is 0 Å². The van der Waals surface area contributed by atoms with Crippen LogP contribution in [0.25, 0.3) is 5.69 Å². The molecular weight excluding hydrogens is 297 g/mol. The first kappa shape index (κ1) is 15.7. The molecule has 1 N–H and O–H groups in total. The van der Waals surface area contributed by atoms with Crippen LogP contribution in [0.5, 0.6) is 0 Å². The number of hydrogen-bond donors (Lipinski definition) is 1. The minimum atomic E-state index is -0.958. The Balaban J connectivity index is 1.86. The number of carbonyl (C=O) groups excluding carboxylic acids is 1. The second-order valence-electron chi connectivity index (χ2n) is 6.41. The van der Waals surface area contributed by atoms with Gasteiger partial charge in [-0.2, -0.15) is 5.10 Å². The molecule has 0 aliphatic carbocycles. The molecule has 1 atom stereocenters.